The van der Waals surface area contributed by atoms with Gasteiger partial charge >= 0.3 is 0 Å². The minimum atomic E-state index is -0.360. The number of nitrogens with one attached hydrogen (secondary N) is 1. The summed E-state index contributed by atoms with van der Waals surface area (Å²) in [6.45, 7) is 6.54. The second-order valence-corrected chi connectivity index (χ2v) is 10.1. The number of piperidine rings is 1. The lowest BCUT2D eigenvalue weighted by molar-refractivity contribution is 0.102. The molecular weight excluding hydrogens is 524 g/mol. The van der Waals surface area contributed by atoms with Gasteiger partial charge in [-0.3, -0.25) is 9.79 Å². The van der Waals surface area contributed by atoms with Crippen molar-refractivity contribution in [1.29, 1.82) is 0 Å². The lowest BCUT2D eigenvalue weighted by atomic mass is 9.99. The molecule has 12 nitrogen and oxygen atoms in total. The van der Waals surface area contributed by atoms with Crippen LogP contribution in [-0.4, -0.2) is 83.7 Å². The molecule has 3 aliphatic rings. The van der Waals surface area contributed by atoms with Crippen LogP contribution in [-0.2, 0) is 4.74 Å². The molecule has 3 aromatic rings. The molecule has 1 amide bonds. The van der Waals surface area contributed by atoms with Crippen molar-refractivity contribution in [2.24, 2.45) is 10.7 Å². The van der Waals surface area contributed by atoms with Crippen molar-refractivity contribution >= 4 is 46.6 Å². The predicted molar refractivity (Wildman–Crippen MR) is 159 cm³/mol. The highest BCUT2D eigenvalue weighted by Gasteiger charge is 2.42. The normalized spacial score (nSPS) is 22.6. The van der Waals surface area contributed by atoms with Gasteiger partial charge in [-0.15, -0.1) is 0 Å². The number of ether oxygens (including phenoxy) is 1. The van der Waals surface area contributed by atoms with Crippen LogP contribution in [0.4, 0.5) is 17.7 Å². The Balaban J connectivity index is 0.00000165. The van der Waals surface area contributed by atoms with Gasteiger partial charge in [0.1, 0.15) is 11.6 Å². The standard InChI is InChI=1S/C27H32N8O4.C2H6/c1-29-15-16(14-28)21-3-2-4-23(30-21)31-26(37)20-13-22-24(33-27(39-22)34-7-9-38-10-8-34)32-25(20)35-17-5-6-18(35)12-19(36)11-17;1-2/h2-4,13-15,17-19,36H,5-12,28H2,1H3,(H,30,31,37);1-2H3/b16-14+,29-15?;. The molecule has 2 atom stereocenters. The van der Waals surface area contributed by atoms with Gasteiger partial charge in [0.2, 0.25) is 5.65 Å². The number of allylic oxidation sites excluding steroid dienone is 1. The number of nitrogens with zero attached hydrogens (tertiary/aromatic N) is 6. The van der Waals surface area contributed by atoms with Gasteiger partial charge in [0.25, 0.3) is 11.9 Å². The highest BCUT2D eigenvalue weighted by molar-refractivity contribution is 6.10. The van der Waals surface area contributed by atoms with Crippen LogP contribution in [0.1, 0.15) is 55.6 Å². The summed E-state index contributed by atoms with van der Waals surface area (Å²) in [5.41, 5.74) is 8.23. The van der Waals surface area contributed by atoms with E-state index in [1.54, 1.807) is 37.5 Å². The van der Waals surface area contributed by atoms with Crippen LogP contribution < -0.4 is 20.9 Å². The number of aliphatic hydroxyl groups excluding tert-OH is 1. The van der Waals surface area contributed by atoms with Crippen LogP contribution in [0.25, 0.3) is 16.8 Å². The number of carbonyl (C=O) groups excluding carboxylic acids is 1. The Morgan fingerprint density at radius 2 is 1.88 bits per heavy atom. The number of morpholine rings is 1. The Labute approximate surface area is 239 Å². The molecule has 0 aliphatic carbocycles. The third-order valence-electron chi connectivity index (χ3n) is 7.56. The van der Waals surface area contributed by atoms with Gasteiger partial charge in [-0.25, -0.2) is 9.97 Å². The average Bonchev–Trinajstić information content (AvgIpc) is 3.54. The van der Waals surface area contributed by atoms with Gasteiger partial charge in [-0.2, -0.15) is 4.98 Å². The first kappa shape index (κ1) is 28.5. The zero-order valence-corrected chi connectivity index (χ0v) is 23.8. The number of nitrogens with two attached hydrogens (primary N) is 1. The summed E-state index contributed by atoms with van der Waals surface area (Å²) in [5, 5.41) is 13.3. The van der Waals surface area contributed by atoms with Crippen molar-refractivity contribution in [1.82, 2.24) is 15.0 Å². The van der Waals surface area contributed by atoms with Crippen LogP contribution in [0.2, 0.25) is 0 Å². The first-order valence-electron chi connectivity index (χ1n) is 14.3. The van der Waals surface area contributed by atoms with Gasteiger partial charge in [0.15, 0.2) is 5.58 Å². The molecule has 3 aliphatic heterocycles. The fourth-order valence-corrected chi connectivity index (χ4v) is 5.77. The molecule has 2 bridgehead atoms. The number of aliphatic imine (C=N–C) groups is 1. The topological polar surface area (TPSA) is 155 Å². The maximum absolute atomic E-state index is 13.8. The molecule has 6 heterocycles. The fourth-order valence-electron chi connectivity index (χ4n) is 5.77. The average molecular weight is 563 g/mol. The number of hydrogen-bond acceptors (Lipinski definition) is 11. The van der Waals surface area contributed by atoms with E-state index in [2.05, 4.69) is 25.2 Å². The second-order valence-electron chi connectivity index (χ2n) is 10.1. The van der Waals surface area contributed by atoms with E-state index < -0.39 is 0 Å². The van der Waals surface area contributed by atoms with Crippen molar-refractivity contribution < 1.29 is 19.1 Å². The van der Waals surface area contributed by atoms with Crippen molar-refractivity contribution in [3.8, 4) is 0 Å². The van der Waals surface area contributed by atoms with Crippen LogP contribution in [0.5, 0.6) is 0 Å². The molecule has 0 radical (unpaired) electrons. The molecule has 41 heavy (non-hydrogen) atoms. The molecule has 3 aromatic heterocycles. The first-order valence-corrected chi connectivity index (χ1v) is 14.3. The number of rotatable bonds is 6. The van der Waals surface area contributed by atoms with Crippen molar-refractivity contribution in [2.45, 2.75) is 57.7 Å². The number of anilines is 3. The molecule has 4 N–H and O–H groups in total. The van der Waals surface area contributed by atoms with Crippen molar-refractivity contribution in [2.75, 3.05) is 48.5 Å². The first-order chi connectivity index (χ1) is 20.0. The van der Waals surface area contributed by atoms with Gasteiger partial charge < -0.3 is 35.1 Å². The Bertz CT molecular complexity index is 1420. The third-order valence-corrected chi connectivity index (χ3v) is 7.56. The van der Waals surface area contributed by atoms with Gasteiger partial charge in [-0.1, -0.05) is 19.9 Å². The van der Waals surface area contributed by atoms with E-state index in [1.165, 1.54) is 6.20 Å². The molecule has 6 rings (SSSR count). The zero-order chi connectivity index (χ0) is 28.9. The van der Waals surface area contributed by atoms with Crippen LogP contribution in [0.15, 0.2) is 39.9 Å². The van der Waals surface area contributed by atoms with Crippen LogP contribution >= 0.6 is 0 Å². The summed E-state index contributed by atoms with van der Waals surface area (Å²) >= 11 is 0. The molecule has 0 saturated carbocycles. The van der Waals surface area contributed by atoms with Crippen LogP contribution in [0.3, 0.4) is 0 Å². The van der Waals surface area contributed by atoms with E-state index in [9.17, 15) is 9.90 Å². The fraction of sp³-hybridized carbons (Fsp3) is 0.483. The summed E-state index contributed by atoms with van der Waals surface area (Å²) in [6, 6.07) is 7.71. The van der Waals surface area contributed by atoms with E-state index in [-0.39, 0.29) is 24.1 Å². The lowest BCUT2D eigenvalue weighted by Crippen LogP contribution is -2.46. The molecule has 0 aromatic carbocycles. The minimum absolute atomic E-state index is 0.105. The predicted octanol–water partition coefficient (Wildman–Crippen LogP) is 3.23. The van der Waals surface area contributed by atoms with Gasteiger partial charge in [0.05, 0.1) is 30.6 Å². The van der Waals surface area contributed by atoms with Crippen molar-refractivity contribution in [3.63, 3.8) is 0 Å². The maximum Gasteiger partial charge on any atom is 0.300 e. The van der Waals surface area contributed by atoms with E-state index >= 15 is 0 Å². The summed E-state index contributed by atoms with van der Waals surface area (Å²) in [5.74, 6) is 0.565. The number of fused-ring (bicyclic) bond motifs is 3. The zero-order valence-electron chi connectivity index (χ0n) is 23.8. The second kappa shape index (κ2) is 12.6. The van der Waals surface area contributed by atoms with Gasteiger partial charge in [-0.05, 0) is 37.8 Å². The molecular formula is C29H38N8O4. The molecule has 3 fully saturated rings. The number of oxazole rings is 1. The molecule has 218 valence electrons. The Morgan fingerprint density at radius 3 is 2.56 bits per heavy atom. The van der Waals surface area contributed by atoms with Gasteiger partial charge in [0, 0.05) is 56.3 Å². The maximum atomic E-state index is 13.8. The molecule has 0 spiro atoms. The molecule has 2 unspecified atom stereocenters. The number of pyridine rings is 2. The lowest BCUT2D eigenvalue weighted by Gasteiger charge is -2.38. The van der Waals surface area contributed by atoms with E-state index in [4.69, 9.17) is 19.9 Å². The number of hydrogen-bond donors (Lipinski definition) is 3. The minimum Gasteiger partial charge on any atom is -0.422 e. The highest BCUT2D eigenvalue weighted by atomic mass is 16.5. The number of aliphatic hydroxyl groups is 1. The Hall–Kier alpha value is -4.03. The van der Waals surface area contributed by atoms with Crippen LogP contribution in [0, 0.1) is 0 Å². The molecule has 12 heteroatoms. The number of amides is 1. The smallest absolute Gasteiger partial charge is 0.300 e. The summed E-state index contributed by atoms with van der Waals surface area (Å²) in [6.07, 6.45) is 5.86. The quantitative estimate of drug-likeness (QED) is 0.381. The SMILES string of the molecule is CC.CN=C/C(=C\N)c1cccc(NC(=O)c2cc3oc(N4CCOCC4)nc3nc2N2C3CCC2CC(O)C3)n1. The number of carbonyl (C=O) groups is 1. The monoisotopic (exact) mass is 562 g/mol. The summed E-state index contributed by atoms with van der Waals surface area (Å²) < 4.78 is 11.5. The largest absolute Gasteiger partial charge is 0.422 e. The summed E-state index contributed by atoms with van der Waals surface area (Å²) in [7, 11) is 1.65. The van der Waals surface area contributed by atoms with E-state index in [1.807, 2.05) is 18.7 Å². The number of aromatic nitrogens is 3. The Morgan fingerprint density at radius 1 is 1.15 bits per heavy atom. The Kier molecular flexibility index (Phi) is 8.79. The van der Waals surface area contributed by atoms with E-state index in [0.717, 1.165) is 12.8 Å². The van der Waals surface area contributed by atoms with E-state index in [0.29, 0.717) is 84.9 Å². The summed E-state index contributed by atoms with van der Waals surface area (Å²) in [4.78, 5) is 36.1. The highest BCUT2D eigenvalue weighted by Crippen LogP contribution is 2.41. The van der Waals surface area contributed by atoms with Crippen molar-refractivity contribution in [3.05, 3.63) is 41.7 Å². The third kappa shape index (κ3) is 5.89. The molecule has 3 saturated heterocycles.